The Morgan fingerprint density at radius 2 is 1.15 bits per heavy atom. The van der Waals surface area contributed by atoms with Gasteiger partial charge in [-0.25, -0.2) is 15.0 Å². The van der Waals surface area contributed by atoms with Gasteiger partial charge in [0.1, 0.15) is 61.4 Å². The maximum atomic E-state index is 6.57. The molecule has 0 aliphatic carbocycles. The van der Waals surface area contributed by atoms with E-state index in [2.05, 4.69) is 24.3 Å². The van der Waals surface area contributed by atoms with Crippen LogP contribution in [0.4, 0.5) is 0 Å². The van der Waals surface area contributed by atoms with E-state index >= 15 is 0 Å². The molecule has 3 heterocycles. The molecule has 0 bridgehead atoms. The molecule has 0 saturated carbocycles. The van der Waals surface area contributed by atoms with Crippen molar-refractivity contribution >= 4 is 121 Å². The van der Waals surface area contributed by atoms with Crippen LogP contribution in [0, 0.1) is 0 Å². The monoisotopic (exact) mass is 666 g/mol. The average molecular weight is 666 g/mol. The highest BCUT2D eigenvalue weighted by Crippen LogP contribution is 2.37. The molecule has 0 fully saturated rings. The number of fused-ring (bicyclic) bond motifs is 8. The van der Waals surface area contributed by atoms with Crippen LogP contribution in [0.3, 0.4) is 0 Å². The van der Waals surface area contributed by atoms with Gasteiger partial charge in [-0.2, -0.15) is 4.80 Å². The Morgan fingerprint density at radius 1 is 0.491 bits per heavy atom. The van der Waals surface area contributed by atoms with Gasteiger partial charge in [-0.3, -0.25) is 0 Å². The highest BCUT2D eigenvalue weighted by Gasteiger charge is 2.21. The molecule has 10 aromatic rings. The zero-order chi connectivity index (χ0) is 36.0. The maximum Gasteiger partial charge on any atom is 0.164 e. The third-order valence-electron chi connectivity index (χ3n) is 9.80. The van der Waals surface area contributed by atoms with Crippen molar-refractivity contribution in [3.8, 4) is 39.9 Å². The number of benzene rings is 7. The van der Waals surface area contributed by atoms with Crippen molar-refractivity contribution in [1.29, 1.82) is 0 Å². The molecule has 53 heavy (non-hydrogen) atoms. The number of furan rings is 1. The van der Waals surface area contributed by atoms with Gasteiger partial charge in [-0.1, -0.05) is 89.8 Å². The topological polar surface area (TPSA) is 82.5 Å². The third kappa shape index (κ3) is 4.86. The molecule has 10 rings (SSSR count). The second-order valence-corrected chi connectivity index (χ2v) is 12.9. The smallest absolute Gasteiger partial charge is 0.164 e. The fraction of sp³-hybridized carbons (Fsp3) is 0. The van der Waals surface area contributed by atoms with Crippen LogP contribution < -0.4 is 27.3 Å². The SMILES string of the molecule is [B]c1c([B])c([B])c(-c2nc(-c3ccc4ccc5ccc6nn(-c7ccccc7)nc6c5c4c3)nc(-c3cccc4oc5ccccc5c34)n2)c([B])c1[B]. The minimum absolute atomic E-state index is 0.0999. The van der Waals surface area contributed by atoms with Crippen molar-refractivity contribution in [2.24, 2.45) is 0 Å². The average Bonchev–Trinajstić information content (AvgIpc) is 3.81. The van der Waals surface area contributed by atoms with Gasteiger partial charge in [-0.05, 0) is 52.6 Å². The van der Waals surface area contributed by atoms with E-state index in [9.17, 15) is 0 Å². The lowest BCUT2D eigenvalue weighted by atomic mass is 9.60. The normalized spacial score (nSPS) is 11.8. The summed E-state index contributed by atoms with van der Waals surface area (Å²) in [6.07, 6.45) is 0. The lowest BCUT2D eigenvalue weighted by Crippen LogP contribution is -2.55. The molecule has 0 unspecified atom stereocenters. The molecular formula is C41H19B5N6O. The Hall–Kier alpha value is -6.41. The molecule has 7 nitrogen and oxygen atoms in total. The van der Waals surface area contributed by atoms with E-state index in [-0.39, 0.29) is 38.7 Å². The predicted molar refractivity (Wildman–Crippen MR) is 218 cm³/mol. The Bertz CT molecular complexity index is 3110. The summed E-state index contributed by atoms with van der Waals surface area (Å²) >= 11 is 0. The van der Waals surface area contributed by atoms with E-state index < -0.39 is 0 Å². The second-order valence-electron chi connectivity index (χ2n) is 12.9. The summed E-state index contributed by atoms with van der Waals surface area (Å²) in [4.78, 5) is 16.7. The molecule has 0 N–H and O–H groups in total. The minimum atomic E-state index is 0.0999. The lowest BCUT2D eigenvalue weighted by molar-refractivity contribution is 0.669. The fourth-order valence-electron chi connectivity index (χ4n) is 7.12. The van der Waals surface area contributed by atoms with E-state index in [0.29, 0.717) is 17.2 Å². The summed E-state index contributed by atoms with van der Waals surface area (Å²) < 4.78 is 6.21. The highest BCUT2D eigenvalue weighted by atomic mass is 16.3. The zero-order valence-electron chi connectivity index (χ0n) is 27.9. The molecule has 10 radical (unpaired) electrons. The van der Waals surface area contributed by atoms with Gasteiger partial charge in [0.25, 0.3) is 0 Å². The molecule has 0 spiro atoms. The molecule has 0 aliphatic heterocycles. The quantitative estimate of drug-likeness (QED) is 0.210. The van der Waals surface area contributed by atoms with E-state index in [0.717, 1.165) is 65.7 Å². The molecule has 234 valence electrons. The number of hydrogen-bond donors (Lipinski definition) is 0. The van der Waals surface area contributed by atoms with Crippen LogP contribution >= 0.6 is 0 Å². The van der Waals surface area contributed by atoms with Crippen molar-refractivity contribution in [2.75, 3.05) is 0 Å². The number of para-hydroxylation sites is 2. The van der Waals surface area contributed by atoms with Crippen molar-refractivity contribution < 1.29 is 4.42 Å². The van der Waals surface area contributed by atoms with E-state index in [1.165, 1.54) is 0 Å². The Balaban J connectivity index is 1.25. The highest BCUT2D eigenvalue weighted by molar-refractivity contribution is 6.68. The molecule has 0 saturated heterocycles. The van der Waals surface area contributed by atoms with E-state index in [1.54, 1.807) is 4.80 Å². The van der Waals surface area contributed by atoms with Gasteiger partial charge in [0.15, 0.2) is 17.5 Å². The largest absolute Gasteiger partial charge is 0.456 e. The van der Waals surface area contributed by atoms with Gasteiger partial charge in [0.05, 0.1) is 5.69 Å². The first-order valence-electron chi connectivity index (χ1n) is 16.8. The van der Waals surface area contributed by atoms with E-state index in [1.807, 2.05) is 91.0 Å². The van der Waals surface area contributed by atoms with Crippen LogP contribution in [0.2, 0.25) is 0 Å². The molecule has 0 aliphatic rings. The van der Waals surface area contributed by atoms with Crippen molar-refractivity contribution in [3.05, 3.63) is 115 Å². The van der Waals surface area contributed by atoms with Crippen molar-refractivity contribution in [3.63, 3.8) is 0 Å². The summed E-state index contributed by atoms with van der Waals surface area (Å²) in [6, 6.07) is 37.8. The molecular weight excluding hydrogens is 647 g/mol. The molecule has 0 atom stereocenters. The predicted octanol–water partition coefficient (Wildman–Crippen LogP) is 3.78. The van der Waals surface area contributed by atoms with Gasteiger partial charge in [0, 0.05) is 32.8 Å². The molecule has 7 aromatic carbocycles. The minimum Gasteiger partial charge on any atom is -0.456 e. The zero-order valence-corrected chi connectivity index (χ0v) is 27.9. The van der Waals surface area contributed by atoms with Crippen molar-refractivity contribution in [2.45, 2.75) is 0 Å². The Morgan fingerprint density at radius 3 is 1.98 bits per heavy atom. The molecule has 12 heteroatoms. The van der Waals surface area contributed by atoms with Crippen LogP contribution in [0.5, 0.6) is 0 Å². The van der Waals surface area contributed by atoms with Crippen LogP contribution in [-0.4, -0.2) is 69.2 Å². The van der Waals surface area contributed by atoms with E-state index in [4.69, 9.17) is 68.8 Å². The Labute approximate surface area is 309 Å². The third-order valence-corrected chi connectivity index (χ3v) is 9.80. The summed E-state index contributed by atoms with van der Waals surface area (Å²) in [7, 11) is 32.0. The molecule has 3 aromatic heterocycles. The summed E-state index contributed by atoms with van der Waals surface area (Å²) in [5, 5.41) is 15.5. The first kappa shape index (κ1) is 31.3. The van der Waals surface area contributed by atoms with Gasteiger partial charge < -0.3 is 4.42 Å². The molecule has 0 amide bonds. The van der Waals surface area contributed by atoms with Gasteiger partial charge in [0.2, 0.25) is 0 Å². The first-order valence-corrected chi connectivity index (χ1v) is 16.8. The number of aromatic nitrogens is 6. The summed E-state index contributed by atoms with van der Waals surface area (Å²) in [6.45, 7) is 0. The number of rotatable bonds is 4. The first-order chi connectivity index (χ1) is 25.8. The Kier molecular flexibility index (Phi) is 6.99. The van der Waals surface area contributed by atoms with Crippen LogP contribution in [0.15, 0.2) is 120 Å². The second kappa shape index (κ2) is 11.8. The van der Waals surface area contributed by atoms with Crippen molar-refractivity contribution in [1.82, 2.24) is 29.9 Å². The van der Waals surface area contributed by atoms with Gasteiger partial charge >= 0.3 is 0 Å². The standard InChI is InChI=1S/C41H19B5N6O/c42-33-32(34(43)36(45)37(46)35(33)44)41-48-39(47-40(49-41)25-10-6-12-29-31(25)24-9-4-5-11-28(24)53-29)22-16-14-20-13-15-21-17-18-27-38(30(21)26(20)19-22)51-52(50-27)23-7-2-1-3-8-23/h1-19H. The van der Waals surface area contributed by atoms with Crippen LogP contribution in [0.1, 0.15) is 0 Å². The summed E-state index contributed by atoms with van der Waals surface area (Å²) in [5.41, 5.74) is 6.12. The van der Waals surface area contributed by atoms with Crippen LogP contribution in [0.25, 0.3) is 94.4 Å². The van der Waals surface area contributed by atoms with Gasteiger partial charge in [-0.15, -0.1) is 26.6 Å². The lowest BCUT2D eigenvalue weighted by Gasteiger charge is -2.20. The number of hydrogen-bond acceptors (Lipinski definition) is 6. The van der Waals surface area contributed by atoms with Crippen LogP contribution in [-0.2, 0) is 0 Å². The number of nitrogens with zero attached hydrogens (tertiary/aromatic N) is 6. The summed E-state index contributed by atoms with van der Waals surface area (Å²) in [5.74, 6) is 0.942. The fourth-order valence-corrected chi connectivity index (χ4v) is 7.12. The maximum absolute atomic E-state index is 6.57.